The first kappa shape index (κ1) is 16.8. The molecule has 1 aliphatic carbocycles. The van der Waals surface area contributed by atoms with E-state index in [-0.39, 0.29) is 12.5 Å². The van der Waals surface area contributed by atoms with Crippen LogP contribution in [0.2, 0.25) is 0 Å². The first-order valence-corrected chi connectivity index (χ1v) is 6.81. The van der Waals surface area contributed by atoms with E-state index in [1.165, 1.54) is 12.1 Å². The summed E-state index contributed by atoms with van der Waals surface area (Å²) in [6.07, 6.45) is -3.04. The van der Waals surface area contributed by atoms with Crippen LogP contribution in [-0.2, 0) is 27.0 Å². The van der Waals surface area contributed by atoms with Crippen molar-refractivity contribution in [3.63, 3.8) is 0 Å². The van der Waals surface area contributed by atoms with Gasteiger partial charge in [-0.25, -0.2) is 0 Å². The lowest BCUT2D eigenvalue weighted by atomic mass is 10.1. The van der Waals surface area contributed by atoms with Gasteiger partial charge in [0.25, 0.3) is 0 Å². The molecule has 3 N–H and O–H groups in total. The number of benzene rings is 1. The second-order valence-electron chi connectivity index (χ2n) is 5.12. The molecule has 0 saturated heterocycles. The van der Waals surface area contributed by atoms with Crippen molar-refractivity contribution in [2.24, 2.45) is 0 Å². The van der Waals surface area contributed by atoms with Crippen molar-refractivity contribution in [3.8, 4) is 0 Å². The maximum absolute atomic E-state index is 12.4. The standard InChI is InChI=1S/C14H14F3N3O3/c15-14(16,17)9-3-1-8(2-4-9)7-11(21)19-20-13(23)12(22)18-10-5-6-10/h1-4,10H,5-7H2,(H,18,22)(H,19,21)(H,20,23). The number of hydrazine groups is 1. The van der Waals surface area contributed by atoms with Crippen LogP contribution in [0, 0.1) is 0 Å². The zero-order valence-electron chi connectivity index (χ0n) is 11.9. The highest BCUT2D eigenvalue weighted by molar-refractivity contribution is 6.35. The minimum atomic E-state index is -4.44. The van der Waals surface area contributed by atoms with E-state index in [1.54, 1.807) is 0 Å². The molecular weight excluding hydrogens is 315 g/mol. The average Bonchev–Trinajstić information content (AvgIpc) is 3.28. The van der Waals surface area contributed by atoms with Crippen LogP contribution in [0.3, 0.4) is 0 Å². The summed E-state index contributed by atoms with van der Waals surface area (Å²) in [7, 11) is 0. The monoisotopic (exact) mass is 329 g/mol. The minimum absolute atomic E-state index is 0.0103. The number of carbonyl (C=O) groups is 3. The Morgan fingerprint density at radius 1 is 1.00 bits per heavy atom. The molecule has 1 aromatic rings. The molecule has 0 atom stereocenters. The second-order valence-corrected chi connectivity index (χ2v) is 5.12. The second kappa shape index (κ2) is 6.67. The van der Waals surface area contributed by atoms with Crippen molar-refractivity contribution in [2.75, 3.05) is 0 Å². The molecule has 6 nitrogen and oxygen atoms in total. The molecular formula is C14H14F3N3O3. The fourth-order valence-corrected chi connectivity index (χ4v) is 1.70. The van der Waals surface area contributed by atoms with Gasteiger partial charge in [0.2, 0.25) is 5.91 Å². The SMILES string of the molecule is O=C(Cc1ccc(C(F)(F)F)cc1)NNC(=O)C(=O)NC1CC1. The smallest absolute Gasteiger partial charge is 0.345 e. The summed E-state index contributed by atoms with van der Waals surface area (Å²) in [5.74, 6) is -2.50. The van der Waals surface area contributed by atoms with E-state index in [2.05, 4.69) is 5.32 Å². The first-order chi connectivity index (χ1) is 10.8. The van der Waals surface area contributed by atoms with Crippen LogP contribution >= 0.6 is 0 Å². The van der Waals surface area contributed by atoms with Gasteiger partial charge in [-0.2, -0.15) is 13.2 Å². The highest BCUT2D eigenvalue weighted by Gasteiger charge is 2.30. The lowest BCUT2D eigenvalue weighted by Crippen LogP contribution is -2.49. The predicted molar refractivity (Wildman–Crippen MR) is 72.6 cm³/mol. The Morgan fingerprint density at radius 3 is 2.13 bits per heavy atom. The quantitative estimate of drug-likeness (QED) is 0.563. The Bertz CT molecular complexity index is 610. The molecule has 9 heteroatoms. The highest BCUT2D eigenvalue weighted by Crippen LogP contribution is 2.29. The van der Waals surface area contributed by atoms with Gasteiger partial charge < -0.3 is 5.32 Å². The number of hydrogen-bond acceptors (Lipinski definition) is 3. The van der Waals surface area contributed by atoms with Crippen molar-refractivity contribution < 1.29 is 27.6 Å². The van der Waals surface area contributed by atoms with Gasteiger partial charge in [-0.05, 0) is 30.5 Å². The summed E-state index contributed by atoms with van der Waals surface area (Å²) in [5, 5.41) is 2.44. The van der Waals surface area contributed by atoms with Gasteiger partial charge in [-0.1, -0.05) is 12.1 Å². The van der Waals surface area contributed by atoms with Gasteiger partial charge in [-0.3, -0.25) is 25.2 Å². The van der Waals surface area contributed by atoms with E-state index < -0.39 is 29.5 Å². The number of alkyl halides is 3. The molecule has 0 unspecified atom stereocenters. The Labute approximate surface area is 129 Å². The van der Waals surface area contributed by atoms with Gasteiger partial charge >= 0.3 is 18.0 Å². The molecule has 1 fully saturated rings. The maximum Gasteiger partial charge on any atom is 0.416 e. The van der Waals surface area contributed by atoms with Crippen LogP contribution < -0.4 is 16.2 Å². The lowest BCUT2D eigenvalue weighted by Gasteiger charge is -2.09. The molecule has 124 valence electrons. The van der Waals surface area contributed by atoms with Gasteiger partial charge in [0.05, 0.1) is 12.0 Å². The van der Waals surface area contributed by atoms with Crippen LogP contribution in [-0.4, -0.2) is 23.8 Å². The van der Waals surface area contributed by atoms with Gasteiger partial charge in [0, 0.05) is 6.04 Å². The average molecular weight is 329 g/mol. The van der Waals surface area contributed by atoms with Gasteiger partial charge in [0.1, 0.15) is 0 Å². The van der Waals surface area contributed by atoms with E-state index in [0.717, 1.165) is 25.0 Å². The van der Waals surface area contributed by atoms with Crippen LogP contribution in [0.1, 0.15) is 24.0 Å². The molecule has 0 bridgehead atoms. The van der Waals surface area contributed by atoms with E-state index >= 15 is 0 Å². The first-order valence-electron chi connectivity index (χ1n) is 6.81. The molecule has 0 heterocycles. The van der Waals surface area contributed by atoms with Crippen molar-refractivity contribution in [1.82, 2.24) is 16.2 Å². The summed E-state index contributed by atoms with van der Waals surface area (Å²) in [6.45, 7) is 0. The fraction of sp³-hybridized carbons (Fsp3) is 0.357. The number of carbonyl (C=O) groups excluding carboxylic acids is 3. The number of amides is 3. The summed E-state index contributed by atoms with van der Waals surface area (Å²) in [5.41, 5.74) is 3.50. The van der Waals surface area contributed by atoms with Crippen molar-refractivity contribution in [1.29, 1.82) is 0 Å². The summed E-state index contributed by atoms with van der Waals surface area (Å²) in [4.78, 5) is 34.2. The van der Waals surface area contributed by atoms with Crippen LogP contribution in [0.25, 0.3) is 0 Å². The third kappa shape index (κ3) is 5.28. The maximum atomic E-state index is 12.4. The van der Waals surface area contributed by atoms with Crippen molar-refractivity contribution in [2.45, 2.75) is 31.5 Å². The van der Waals surface area contributed by atoms with Crippen molar-refractivity contribution in [3.05, 3.63) is 35.4 Å². The molecule has 1 saturated carbocycles. The Hall–Kier alpha value is -2.58. The molecule has 1 aliphatic rings. The third-order valence-electron chi connectivity index (χ3n) is 3.08. The van der Waals surface area contributed by atoms with Gasteiger partial charge in [0.15, 0.2) is 0 Å². The molecule has 0 radical (unpaired) electrons. The highest BCUT2D eigenvalue weighted by atomic mass is 19.4. The Kier molecular flexibility index (Phi) is 4.87. The topological polar surface area (TPSA) is 87.3 Å². The van der Waals surface area contributed by atoms with Crippen molar-refractivity contribution >= 4 is 17.7 Å². The van der Waals surface area contributed by atoms with E-state index in [9.17, 15) is 27.6 Å². The molecule has 0 spiro atoms. The number of nitrogens with one attached hydrogen (secondary N) is 3. The fourth-order valence-electron chi connectivity index (χ4n) is 1.70. The van der Waals surface area contributed by atoms with E-state index in [0.29, 0.717) is 5.56 Å². The summed E-state index contributed by atoms with van der Waals surface area (Å²) >= 11 is 0. The number of hydrogen-bond donors (Lipinski definition) is 3. The lowest BCUT2D eigenvalue weighted by molar-refractivity contribution is -0.140. The Balaban J connectivity index is 1.77. The summed E-state index contributed by atoms with van der Waals surface area (Å²) < 4.78 is 37.2. The third-order valence-corrected chi connectivity index (χ3v) is 3.08. The Morgan fingerprint density at radius 2 is 1.61 bits per heavy atom. The largest absolute Gasteiger partial charge is 0.416 e. The number of halogens is 3. The zero-order chi connectivity index (χ0) is 17.0. The van der Waals surface area contributed by atoms with E-state index in [4.69, 9.17) is 0 Å². The van der Waals surface area contributed by atoms with Crippen LogP contribution in [0.15, 0.2) is 24.3 Å². The number of rotatable bonds is 3. The van der Waals surface area contributed by atoms with E-state index in [1.807, 2.05) is 10.9 Å². The van der Waals surface area contributed by atoms with Crippen LogP contribution in [0.5, 0.6) is 0 Å². The molecule has 0 aliphatic heterocycles. The molecule has 3 amide bonds. The minimum Gasteiger partial charge on any atom is -0.345 e. The zero-order valence-corrected chi connectivity index (χ0v) is 11.9. The molecule has 1 aromatic carbocycles. The van der Waals surface area contributed by atoms with Crippen LogP contribution in [0.4, 0.5) is 13.2 Å². The van der Waals surface area contributed by atoms with Gasteiger partial charge in [-0.15, -0.1) is 0 Å². The normalized spacial score (nSPS) is 14.0. The molecule has 23 heavy (non-hydrogen) atoms. The predicted octanol–water partition coefficient (Wildman–Crippen LogP) is 0.674. The molecule has 2 rings (SSSR count). The summed E-state index contributed by atoms with van der Waals surface area (Å²) in [6, 6.07) is 4.08. The molecule has 0 aromatic heterocycles.